The minimum absolute atomic E-state index is 0.0813. The van der Waals surface area contributed by atoms with E-state index in [1.54, 1.807) is 18.2 Å². The molecule has 1 aromatic heterocycles. The topological polar surface area (TPSA) is 102 Å². The zero-order valence-electron chi connectivity index (χ0n) is 18.6. The maximum absolute atomic E-state index is 13.4. The predicted molar refractivity (Wildman–Crippen MR) is 120 cm³/mol. The first-order valence-electron chi connectivity index (χ1n) is 11.1. The van der Waals surface area contributed by atoms with Crippen molar-refractivity contribution in [3.05, 3.63) is 59.9 Å². The van der Waals surface area contributed by atoms with Crippen LogP contribution < -0.4 is 10.6 Å². The third-order valence-electron chi connectivity index (χ3n) is 5.70. The van der Waals surface area contributed by atoms with E-state index in [9.17, 15) is 27.6 Å². The number of rotatable bonds is 7. The molecule has 0 aliphatic heterocycles. The zero-order chi connectivity index (χ0) is 25.0. The summed E-state index contributed by atoms with van der Waals surface area (Å²) in [6.45, 7) is -1.51. The molecule has 0 bridgehead atoms. The van der Waals surface area contributed by atoms with Gasteiger partial charge in [0, 0.05) is 6.04 Å². The van der Waals surface area contributed by atoms with Crippen molar-refractivity contribution in [2.24, 2.45) is 0 Å². The van der Waals surface area contributed by atoms with E-state index in [0.717, 1.165) is 25.7 Å². The number of nitrogens with one attached hydrogen (secondary N) is 2. The number of nitrogens with zero attached hydrogens (tertiary/aromatic N) is 2. The molecule has 0 unspecified atom stereocenters. The third kappa shape index (κ3) is 5.79. The van der Waals surface area contributed by atoms with Crippen LogP contribution in [0.2, 0.25) is 0 Å². The maximum atomic E-state index is 13.4. The van der Waals surface area contributed by atoms with Gasteiger partial charge in [-0.3, -0.25) is 14.4 Å². The largest absolute Gasteiger partial charge is 0.454 e. The summed E-state index contributed by atoms with van der Waals surface area (Å²) in [7, 11) is 0. The molecule has 1 heterocycles. The van der Waals surface area contributed by atoms with Crippen molar-refractivity contribution in [1.82, 2.24) is 14.9 Å². The van der Waals surface area contributed by atoms with Crippen LogP contribution in [0.3, 0.4) is 0 Å². The molecule has 184 valence electrons. The van der Waals surface area contributed by atoms with Crippen LogP contribution in [0.4, 0.5) is 18.9 Å². The summed E-state index contributed by atoms with van der Waals surface area (Å²) >= 11 is 0. The van der Waals surface area contributed by atoms with E-state index in [-0.39, 0.29) is 34.2 Å². The van der Waals surface area contributed by atoms with Crippen molar-refractivity contribution in [2.75, 3.05) is 11.9 Å². The highest BCUT2D eigenvalue weighted by Gasteiger charge is 2.38. The van der Waals surface area contributed by atoms with Gasteiger partial charge in [-0.1, -0.05) is 37.1 Å². The molecule has 11 heteroatoms. The first-order valence-corrected chi connectivity index (χ1v) is 11.1. The number of halogens is 3. The fourth-order valence-corrected chi connectivity index (χ4v) is 4.08. The van der Waals surface area contributed by atoms with E-state index >= 15 is 0 Å². The number of esters is 1. The van der Waals surface area contributed by atoms with Crippen molar-refractivity contribution in [3.8, 4) is 0 Å². The minimum atomic E-state index is -4.78. The Labute approximate surface area is 198 Å². The highest BCUT2D eigenvalue weighted by Crippen LogP contribution is 2.31. The predicted octanol–water partition coefficient (Wildman–Crippen LogP) is 3.91. The molecule has 1 fully saturated rings. The van der Waals surface area contributed by atoms with Crippen LogP contribution in [0, 0.1) is 0 Å². The van der Waals surface area contributed by atoms with Gasteiger partial charge in [0.2, 0.25) is 5.82 Å². The molecule has 35 heavy (non-hydrogen) atoms. The number of hydrogen-bond acceptors (Lipinski definition) is 5. The maximum Gasteiger partial charge on any atom is 0.449 e. The molecule has 2 aromatic carbocycles. The number of amides is 2. The van der Waals surface area contributed by atoms with Gasteiger partial charge in [-0.05, 0) is 37.1 Å². The lowest BCUT2D eigenvalue weighted by molar-refractivity contribution is -0.152. The van der Waals surface area contributed by atoms with Gasteiger partial charge in [-0.15, -0.1) is 0 Å². The standard InChI is InChI=1S/C24H23F3N4O4/c25-24(26,27)23-30-18-11-5-6-12-19(18)31(23)13-21(33)35-14-20(32)29-17-10-4-3-9-16(17)22(34)28-15-7-1-2-8-15/h3-6,9-12,15H,1-2,7-8,13-14H2,(H,28,34)(H,29,32). The second kappa shape index (κ2) is 10.2. The zero-order valence-corrected chi connectivity index (χ0v) is 18.6. The number of aromatic nitrogens is 2. The Morgan fingerprint density at radius 1 is 1.03 bits per heavy atom. The molecule has 1 saturated carbocycles. The number of benzene rings is 2. The van der Waals surface area contributed by atoms with Gasteiger partial charge in [0.15, 0.2) is 6.61 Å². The van der Waals surface area contributed by atoms with Gasteiger partial charge in [0.05, 0.1) is 22.3 Å². The number of imidazole rings is 1. The number of carbonyl (C=O) groups is 3. The summed E-state index contributed by atoms with van der Waals surface area (Å²) in [5.74, 6) is -3.33. The second-order valence-electron chi connectivity index (χ2n) is 8.22. The molecule has 0 spiro atoms. The van der Waals surface area contributed by atoms with Crippen molar-refractivity contribution < 1.29 is 32.3 Å². The normalized spacial score (nSPS) is 14.1. The molecule has 0 atom stereocenters. The summed E-state index contributed by atoms with van der Waals surface area (Å²) in [5, 5.41) is 5.46. The number of anilines is 1. The Morgan fingerprint density at radius 3 is 2.46 bits per heavy atom. The molecule has 0 saturated heterocycles. The highest BCUT2D eigenvalue weighted by molar-refractivity contribution is 6.04. The number of fused-ring (bicyclic) bond motifs is 1. The van der Waals surface area contributed by atoms with Gasteiger partial charge >= 0.3 is 12.1 Å². The van der Waals surface area contributed by atoms with Gasteiger partial charge in [0.1, 0.15) is 6.54 Å². The summed E-state index contributed by atoms with van der Waals surface area (Å²) in [5.41, 5.74) is 0.698. The highest BCUT2D eigenvalue weighted by atomic mass is 19.4. The lowest BCUT2D eigenvalue weighted by Crippen LogP contribution is -2.33. The SMILES string of the molecule is O=C(COC(=O)Cn1c(C(F)(F)F)nc2ccccc21)Nc1ccccc1C(=O)NC1CCCC1. The number of hydrogen-bond donors (Lipinski definition) is 2. The molecule has 1 aliphatic carbocycles. The van der Waals surface area contributed by atoms with Crippen molar-refractivity contribution in [1.29, 1.82) is 0 Å². The average Bonchev–Trinajstić information content (AvgIpc) is 3.46. The van der Waals surface area contributed by atoms with Crippen molar-refractivity contribution in [3.63, 3.8) is 0 Å². The molecule has 1 aliphatic rings. The van der Waals surface area contributed by atoms with Crippen LogP contribution in [0.5, 0.6) is 0 Å². The lowest BCUT2D eigenvalue weighted by atomic mass is 10.1. The van der Waals surface area contributed by atoms with E-state index in [1.165, 1.54) is 30.3 Å². The van der Waals surface area contributed by atoms with E-state index in [0.29, 0.717) is 4.57 Å². The Kier molecular flexibility index (Phi) is 7.04. The van der Waals surface area contributed by atoms with Crippen LogP contribution in [-0.4, -0.2) is 40.0 Å². The monoisotopic (exact) mass is 488 g/mol. The second-order valence-corrected chi connectivity index (χ2v) is 8.22. The summed E-state index contributed by atoms with van der Waals surface area (Å²) in [6.07, 6.45) is -0.877. The Balaban J connectivity index is 1.38. The quantitative estimate of drug-likeness (QED) is 0.491. The number of alkyl halides is 3. The van der Waals surface area contributed by atoms with Crippen LogP contribution >= 0.6 is 0 Å². The average molecular weight is 488 g/mol. The van der Waals surface area contributed by atoms with Crippen LogP contribution in [-0.2, 0) is 27.0 Å². The molecule has 2 amide bonds. The first-order chi connectivity index (χ1) is 16.7. The van der Waals surface area contributed by atoms with Gasteiger partial charge in [0.25, 0.3) is 11.8 Å². The van der Waals surface area contributed by atoms with Crippen molar-refractivity contribution in [2.45, 2.75) is 44.4 Å². The van der Waals surface area contributed by atoms with E-state index in [1.807, 2.05) is 0 Å². The molecule has 4 rings (SSSR count). The summed E-state index contributed by atoms with van der Waals surface area (Å²) in [6, 6.07) is 12.4. The first kappa shape index (κ1) is 24.2. The third-order valence-corrected chi connectivity index (χ3v) is 5.70. The van der Waals surface area contributed by atoms with Gasteiger partial charge in [-0.2, -0.15) is 13.2 Å². The smallest absolute Gasteiger partial charge is 0.449 e. The van der Waals surface area contributed by atoms with Crippen molar-refractivity contribution >= 4 is 34.5 Å². The van der Waals surface area contributed by atoms with Gasteiger partial charge < -0.3 is 19.9 Å². The minimum Gasteiger partial charge on any atom is -0.454 e. The van der Waals surface area contributed by atoms with Crippen LogP contribution in [0.25, 0.3) is 11.0 Å². The fraction of sp³-hybridized carbons (Fsp3) is 0.333. The van der Waals surface area contributed by atoms with Gasteiger partial charge in [-0.25, -0.2) is 4.98 Å². The van der Waals surface area contributed by atoms with Crippen LogP contribution in [0.15, 0.2) is 48.5 Å². The Hall–Kier alpha value is -3.89. The fourth-order valence-electron chi connectivity index (χ4n) is 4.08. The molecular formula is C24H23F3N4O4. The Morgan fingerprint density at radius 2 is 1.71 bits per heavy atom. The molecule has 2 N–H and O–H groups in total. The Bertz CT molecular complexity index is 1250. The number of carbonyl (C=O) groups excluding carboxylic acids is 3. The molecule has 3 aromatic rings. The van der Waals surface area contributed by atoms with Crippen LogP contribution in [0.1, 0.15) is 41.9 Å². The lowest BCUT2D eigenvalue weighted by Gasteiger charge is -2.15. The van der Waals surface area contributed by atoms with E-state index < -0.39 is 37.0 Å². The summed E-state index contributed by atoms with van der Waals surface area (Å²) in [4.78, 5) is 40.8. The molecular weight excluding hydrogens is 465 g/mol. The van der Waals surface area contributed by atoms with E-state index in [4.69, 9.17) is 4.74 Å². The number of para-hydroxylation sites is 3. The molecule has 8 nitrogen and oxygen atoms in total. The molecule has 0 radical (unpaired) electrons. The summed E-state index contributed by atoms with van der Waals surface area (Å²) < 4.78 is 45.8. The van der Waals surface area contributed by atoms with E-state index in [2.05, 4.69) is 15.6 Å². The number of ether oxygens (including phenoxy) is 1.